The molecular weight excluding hydrogens is 319 g/mol. The Balaban J connectivity index is 2.15. The molecule has 1 fully saturated rings. The summed E-state index contributed by atoms with van der Waals surface area (Å²) in [6, 6.07) is 1.94. The Hall–Kier alpha value is -1.50. The van der Waals surface area contributed by atoms with Crippen molar-refractivity contribution in [2.24, 2.45) is 0 Å². The van der Waals surface area contributed by atoms with Crippen LogP contribution in [-0.2, 0) is 4.74 Å². The van der Waals surface area contributed by atoms with Crippen molar-refractivity contribution < 1.29 is 19.4 Å². The van der Waals surface area contributed by atoms with Crippen molar-refractivity contribution in [2.45, 2.75) is 25.5 Å². The number of anilines is 1. The van der Waals surface area contributed by atoms with E-state index in [1.54, 1.807) is 0 Å². The van der Waals surface area contributed by atoms with Gasteiger partial charge in [-0.15, -0.1) is 0 Å². The molecule has 1 saturated heterocycles. The van der Waals surface area contributed by atoms with Gasteiger partial charge in [0.2, 0.25) is 0 Å². The molecule has 6 nitrogen and oxygen atoms in total. The zero-order valence-corrected chi connectivity index (χ0v) is 12.7. The van der Waals surface area contributed by atoms with Crippen molar-refractivity contribution in [3.8, 4) is 0 Å². The molecule has 2 rings (SSSR count). The van der Waals surface area contributed by atoms with Crippen LogP contribution in [0.15, 0.2) is 12.1 Å². The maximum Gasteiger partial charge on any atom is 0.337 e. The molecule has 3 N–H and O–H groups in total. The average Bonchev–Trinajstić information content (AvgIpc) is 2.77. The average molecular weight is 333 g/mol. The molecule has 2 unspecified atom stereocenters. The fourth-order valence-corrected chi connectivity index (χ4v) is 2.65. The molecular formula is C13H14Cl2N2O4. The van der Waals surface area contributed by atoms with E-state index >= 15 is 0 Å². The van der Waals surface area contributed by atoms with Gasteiger partial charge in [0, 0.05) is 11.6 Å². The fourth-order valence-electron chi connectivity index (χ4n) is 2.11. The predicted molar refractivity (Wildman–Crippen MR) is 79.4 cm³/mol. The maximum atomic E-state index is 12.0. The molecule has 0 aliphatic carbocycles. The standard InChI is InChI=1S/C13H14Cl2N2O4/c1-6-10(2-3-21-6)16-13(20)17-11-8(12(18)19)4-7(14)5-9(11)15/h4-6,10H,2-3H2,1H3,(H,18,19)(H2,16,17,20). The summed E-state index contributed by atoms with van der Waals surface area (Å²) in [6.45, 7) is 2.43. The quantitative estimate of drug-likeness (QED) is 0.793. The number of carbonyl (C=O) groups excluding carboxylic acids is 1. The first-order chi connectivity index (χ1) is 9.88. The van der Waals surface area contributed by atoms with Gasteiger partial charge < -0.3 is 20.5 Å². The molecule has 114 valence electrons. The third-order valence-corrected chi connectivity index (χ3v) is 3.73. The zero-order chi connectivity index (χ0) is 15.6. The van der Waals surface area contributed by atoms with Crippen LogP contribution in [0.25, 0.3) is 0 Å². The van der Waals surface area contributed by atoms with Gasteiger partial charge in [0.1, 0.15) is 0 Å². The molecule has 0 saturated carbocycles. The number of aromatic carboxylic acids is 1. The molecule has 8 heteroatoms. The number of ether oxygens (including phenoxy) is 1. The van der Waals surface area contributed by atoms with Gasteiger partial charge in [-0.05, 0) is 25.5 Å². The zero-order valence-electron chi connectivity index (χ0n) is 11.2. The molecule has 2 atom stereocenters. The molecule has 21 heavy (non-hydrogen) atoms. The van der Waals surface area contributed by atoms with Crippen LogP contribution in [-0.4, -0.2) is 35.9 Å². The summed E-state index contributed by atoms with van der Waals surface area (Å²) in [5.74, 6) is -1.23. The molecule has 1 aliphatic heterocycles. The highest BCUT2D eigenvalue weighted by Crippen LogP contribution is 2.30. The fraction of sp³-hybridized carbons (Fsp3) is 0.385. The molecule has 0 radical (unpaired) electrons. The Morgan fingerprint density at radius 1 is 1.38 bits per heavy atom. The largest absolute Gasteiger partial charge is 0.478 e. The second kappa shape index (κ2) is 6.51. The van der Waals surface area contributed by atoms with Crippen LogP contribution in [0, 0.1) is 0 Å². The predicted octanol–water partition coefficient (Wildman–Crippen LogP) is 2.99. The van der Waals surface area contributed by atoms with E-state index in [-0.39, 0.29) is 33.4 Å². The van der Waals surface area contributed by atoms with Crippen molar-refractivity contribution in [1.29, 1.82) is 0 Å². The van der Waals surface area contributed by atoms with Crippen LogP contribution in [0.5, 0.6) is 0 Å². The molecule has 1 aliphatic rings. The van der Waals surface area contributed by atoms with E-state index in [2.05, 4.69) is 10.6 Å². The van der Waals surface area contributed by atoms with Gasteiger partial charge >= 0.3 is 12.0 Å². The third kappa shape index (κ3) is 3.78. The maximum absolute atomic E-state index is 12.0. The number of amides is 2. The minimum atomic E-state index is -1.23. The number of benzene rings is 1. The number of hydrogen-bond acceptors (Lipinski definition) is 3. The Morgan fingerprint density at radius 3 is 2.67 bits per heavy atom. The topological polar surface area (TPSA) is 87.7 Å². The van der Waals surface area contributed by atoms with E-state index in [1.165, 1.54) is 12.1 Å². The molecule has 1 heterocycles. The molecule has 0 aromatic heterocycles. The lowest BCUT2D eigenvalue weighted by Crippen LogP contribution is -2.41. The van der Waals surface area contributed by atoms with Crippen molar-refractivity contribution in [2.75, 3.05) is 11.9 Å². The molecule has 0 spiro atoms. The van der Waals surface area contributed by atoms with Gasteiger partial charge in [-0.1, -0.05) is 23.2 Å². The van der Waals surface area contributed by atoms with Gasteiger partial charge in [0.25, 0.3) is 0 Å². The number of halogens is 2. The lowest BCUT2D eigenvalue weighted by Gasteiger charge is -2.17. The van der Waals surface area contributed by atoms with Crippen molar-refractivity contribution in [1.82, 2.24) is 5.32 Å². The second-order valence-corrected chi connectivity index (χ2v) is 5.53. The summed E-state index contributed by atoms with van der Waals surface area (Å²) < 4.78 is 5.34. The number of carboxylic acid groups (broad SMARTS) is 1. The minimum Gasteiger partial charge on any atom is -0.478 e. The first kappa shape index (κ1) is 15.9. The number of rotatable bonds is 3. The normalized spacial score (nSPS) is 21.1. The highest BCUT2D eigenvalue weighted by molar-refractivity contribution is 6.37. The van der Waals surface area contributed by atoms with E-state index in [1.807, 2.05) is 6.92 Å². The van der Waals surface area contributed by atoms with E-state index in [9.17, 15) is 9.59 Å². The highest BCUT2D eigenvalue weighted by Gasteiger charge is 2.26. The van der Waals surface area contributed by atoms with E-state index in [0.717, 1.165) is 0 Å². The minimum absolute atomic E-state index is 0.0117. The van der Waals surface area contributed by atoms with Gasteiger partial charge in [0.05, 0.1) is 28.4 Å². The van der Waals surface area contributed by atoms with Crippen LogP contribution in [0.4, 0.5) is 10.5 Å². The van der Waals surface area contributed by atoms with E-state index in [0.29, 0.717) is 13.0 Å². The molecule has 2 amide bonds. The van der Waals surface area contributed by atoms with Crippen molar-refractivity contribution >= 4 is 40.9 Å². The number of urea groups is 1. The van der Waals surface area contributed by atoms with Crippen LogP contribution in [0.2, 0.25) is 10.0 Å². The molecule has 0 bridgehead atoms. The summed E-state index contributed by atoms with van der Waals surface area (Å²) >= 11 is 11.7. The summed E-state index contributed by atoms with van der Waals surface area (Å²) in [4.78, 5) is 23.2. The van der Waals surface area contributed by atoms with Crippen LogP contribution < -0.4 is 10.6 Å². The lowest BCUT2D eigenvalue weighted by atomic mass is 10.1. The van der Waals surface area contributed by atoms with Crippen LogP contribution >= 0.6 is 23.2 Å². The van der Waals surface area contributed by atoms with Crippen molar-refractivity contribution in [3.05, 3.63) is 27.7 Å². The Morgan fingerprint density at radius 2 is 2.10 bits per heavy atom. The van der Waals surface area contributed by atoms with Crippen LogP contribution in [0.1, 0.15) is 23.7 Å². The Kier molecular flexibility index (Phi) is 4.92. The van der Waals surface area contributed by atoms with Gasteiger partial charge in [-0.3, -0.25) is 0 Å². The lowest BCUT2D eigenvalue weighted by molar-refractivity contribution is 0.0698. The van der Waals surface area contributed by atoms with Gasteiger partial charge in [0.15, 0.2) is 0 Å². The molecule has 1 aromatic rings. The Labute approximate surface area is 131 Å². The van der Waals surface area contributed by atoms with Crippen LogP contribution in [0.3, 0.4) is 0 Å². The van der Waals surface area contributed by atoms with Gasteiger partial charge in [-0.25, -0.2) is 9.59 Å². The van der Waals surface area contributed by atoms with E-state index in [4.69, 9.17) is 33.0 Å². The number of carboxylic acids is 1. The monoisotopic (exact) mass is 332 g/mol. The number of nitrogens with one attached hydrogen (secondary N) is 2. The second-order valence-electron chi connectivity index (χ2n) is 4.68. The summed E-state index contributed by atoms with van der Waals surface area (Å²) in [6.07, 6.45) is 0.615. The number of hydrogen-bond donors (Lipinski definition) is 3. The van der Waals surface area contributed by atoms with Gasteiger partial charge in [-0.2, -0.15) is 0 Å². The first-order valence-electron chi connectivity index (χ1n) is 6.30. The Bertz CT molecular complexity index is 580. The van der Waals surface area contributed by atoms with Crippen molar-refractivity contribution in [3.63, 3.8) is 0 Å². The first-order valence-corrected chi connectivity index (χ1v) is 7.05. The summed E-state index contributed by atoms with van der Waals surface area (Å²) in [5, 5.41) is 14.6. The SMILES string of the molecule is CC1OCCC1NC(=O)Nc1c(Cl)cc(Cl)cc1C(=O)O. The summed E-state index contributed by atoms with van der Waals surface area (Å²) in [7, 11) is 0. The highest BCUT2D eigenvalue weighted by atomic mass is 35.5. The smallest absolute Gasteiger partial charge is 0.337 e. The summed E-state index contributed by atoms with van der Waals surface area (Å²) in [5.41, 5.74) is -0.156. The number of carbonyl (C=O) groups is 2. The molecule has 1 aromatic carbocycles. The van der Waals surface area contributed by atoms with E-state index < -0.39 is 12.0 Å². The third-order valence-electron chi connectivity index (χ3n) is 3.22.